The SMILES string of the molecule is Cn1cnnc1CC1CCCN(C(=O)c2ccsc2)C1. The zero-order chi connectivity index (χ0) is 13.9. The molecule has 0 N–H and O–H groups in total. The summed E-state index contributed by atoms with van der Waals surface area (Å²) in [6, 6.07) is 1.90. The lowest BCUT2D eigenvalue weighted by Crippen LogP contribution is -2.40. The minimum Gasteiger partial charge on any atom is -0.338 e. The second kappa shape index (κ2) is 5.75. The molecule has 0 saturated carbocycles. The van der Waals surface area contributed by atoms with Gasteiger partial charge in [0.25, 0.3) is 5.91 Å². The summed E-state index contributed by atoms with van der Waals surface area (Å²) in [5.74, 6) is 1.64. The van der Waals surface area contributed by atoms with Crippen molar-refractivity contribution in [1.82, 2.24) is 19.7 Å². The second-order valence-electron chi connectivity index (χ2n) is 5.33. The van der Waals surface area contributed by atoms with Crippen LogP contribution in [0.5, 0.6) is 0 Å². The Morgan fingerprint density at radius 1 is 1.55 bits per heavy atom. The van der Waals surface area contributed by atoms with Gasteiger partial charge in [0.05, 0.1) is 5.56 Å². The maximum atomic E-state index is 12.4. The van der Waals surface area contributed by atoms with Gasteiger partial charge >= 0.3 is 0 Å². The summed E-state index contributed by atoms with van der Waals surface area (Å²) in [4.78, 5) is 14.4. The molecule has 1 saturated heterocycles. The molecular formula is C14H18N4OS. The molecule has 1 fully saturated rings. The minimum atomic E-state index is 0.161. The number of piperidine rings is 1. The first kappa shape index (κ1) is 13.3. The van der Waals surface area contributed by atoms with E-state index in [1.807, 2.05) is 33.3 Å². The molecule has 1 amide bonds. The molecule has 6 heteroatoms. The van der Waals surface area contributed by atoms with Crippen molar-refractivity contribution < 1.29 is 4.79 Å². The van der Waals surface area contributed by atoms with Crippen molar-refractivity contribution in [2.45, 2.75) is 19.3 Å². The third-order valence-corrected chi connectivity index (χ3v) is 4.53. The fraction of sp³-hybridized carbons (Fsp3) is 0.500. The molecule has 3 rings (SSSR count). The van der Waals surface area contributed by atoms with Crippen molar-refractivity contribution in [2.75, 3.05) is 13.1 Å². The topological polar surface area (TPSA) is 51.0 Å². The Morgan fingerprint density at radius 3 is 3.15 bits per heavy atom. The summed E-state index contributed by atoms with van der Waals surface area (Å²) in [5.41, 5.74) is 0.814. The van der Waals surface area contributed by atoms with Gasteiger partial charge in [-0.05, 0) is 30.2 Å². The number of thiophene rings is 1. The van der Waals surface area contributed by atoms with Crippen LogP contribution < -0.4 is 0 Å². The summed E-state index contributed by atoms with van der Waals surface area (Å²) in [6.07, 6.45) is 4.84. The zero-order valence-corrected chi connectivity index (χ0v) is 12.3. The fourth-order valence-corrected chi connectivity index (χ4v) is 3.36. The minimum absolute atomic E-state index is 0.161. The summed E-state index contributed by atoms with van der Waals surface area (Å²) < 4.78 is 1.96. The highest BCUT2D eigenvalue weighted by Crippen LogP contribution is 2.22. The van der Waals surface area contributed by atoms with E-state index in [9.17, 15) is 4.79 Å². The number of likely N-dealkylation sites (tertiary alicyclic amines) is 1. The van der Waals surface area contributed by atoms with Crippen LogP contribution in [0, 0.1) is 5.92 Å². The maximum Gasteiger partial charge on any atom is 0.254 e. The molecule has 2 aromatic rings. The van der Waals surface area contributed by atoms with Crippen molar-refractivity contribution in [2.24, 2.45) is 13.0 Å². The van der Waals surface area contributed by atoms with Crippen molar-refractivity contribution in [1.29, 1.82) is 0 Å². The summed E-state index contributed by atoms with van der Waals surface area (Å²) >= 11 is 1.57. The van der Waals surface area contributed by atoms with Crippen LogP contribution in [-0.2, 0) is 13.5 Å². The van der Waals surface area contributed by atoms with Gasteiger partial charge in [0, 0.05) is 31.9 Å². The van der Waals surface area contributed by atoms with E-state index in [4.69, 9.17) is 0 Å². The third-order valence-electron chi connectivity index (χ3n) is 3.85. The normalized spacial score (nSPS) is 19.2. The number of carbonyl (C=O) groups is 1. The lowest BCUT2D eigenvalue weighted by Gasteiger charge is -2.32. The zero-order valence-electron chi connectivity index (χ0n) is 11.5. The monoisotopic (exact) mass is 290 g/mol. The fourth-order valence-electron chi connectivity index (χ4n) is 2.73. The molecule has 1 aliphatic heterocycles. The lowest BCUT2D eigenvalue weighted by atomic mass is 9.94. The number of nitrogens with zero attached hydrogens (tertiary/aromatic N) is 4. The number of aryl methyl sites for hydroxylation is 1. The summed E-state index contributed by atoms with van der Waals surface area (Å²) in [7, 11) is 1.96. The molecule has 0 radical (unpaired) electrons. The van der Waals surface area contributed by atoms with Crippen LogP contribution in [0.3, 0.4) is 0 Å². The van der Waals surface area contributed by atoms with Gasteiger partial charge in [0.1, 0.15) is 12.2 Å². The van der Waals surface area contributed by atoms with E-state index in [1.165, 1.54) is 0 Å². The van der Waals surface area contributed by atoms with Gasteiger partial charge in [-0.15, -0.1) is 10.2 Å². The lowest BCUT2D eigenvalue weighted by molar-refractivity contribution is 0.0672. The Hall–Kier alpha value is -1.69. The Morgan fingerprint density at radius 2 is 2.45 bits per heavy atom. The smallest absolute Gasteiger partial charge is 0.254 e. The number of hydrogen-bond acceptors (Lipinski definition) is 4. The van der Waals surface area contributed by atoms with E-state index in [2.05, 4.69) is 10.2 Å². The molecule has 106 valence electrons. The van der Waals surface area contributed by atoms with Crippen molar-refractivity contribution in [3.8, 4) is 0 Å². The van der Waals surface area contributed by atoms with Crippen molar-refractivity contribution >= 4 is 17.2 Å². The van der Waals surface area contributed by atoms with E-state index in [0.29, 0.717) is 5.92 Å². The Bertz CT molecular complexity index is 578. The molecule has 0 spiro atoms. The number of amides is 1. The van der Waals surface area contributed by atoms with Crippen molar-refractivity contribution in [3.05, 3.63) is 34.5 Å². The predicted molar refractivity (Wildman–Crippen MR) is 77.7 cm³/mol. The van der Waals surface area contributed by atoms with Crippen molar-refractivity contribution in [3.63, 3.8) is 0 Å². The van der Waals surface area contributed by atoms with Crippen LogP contribution in [0.15, 0.2) is 23.2 Å². The second-order valence-corrected chi connectivity index (χ2v) is 6.11. The molecule has 3 heterocycles. The largest absolute Gasteiger partial charge is 0.338 e. The van der Waals surface area contributed by atoms with Gasteiger partial charge < -0.3 is 9.47 Å². The van der Waals surface area contributed by atoms with Gasteiger partial charge in [-0.2, -0.15) is 11.3 Å². The maximum absolute atomic E-state index is 12.4. The molecule has 2 aromatic heterocycles. The highest BCUT2D eigenvalue weighted by molar-refractivity contribution is 7.08. The van der Waals surface area contributed by atoms with Crippen LogP contribution in [0.25, 0.3) is 0 Å². The predicted octanol–water partition coefficient (Wildman–Crippen LogP) is 1.97. The van der Waals surface area contributed by atoms with Crippen LogP contribution >= 0.6 is 11.3 Å². The molecular weight excluding hydrogens is 272 g/mol. The number of hydrogen-bond donors (Lipinski definition) is 0. The van der Waals surface area contributed by atoms with Crippen LogP contribution in [0.4, 0.5) is 0 Å². The van der Waals surface area contributed by atoms with Gasteiger partial charge in [-0.25, -0.2) is 0 Å². The first-order chi connectivity index (χ1) is 9.74. The molecule has 20 heavy (non-hydrogen) atoms. The number of rotatable bonds is 3. The van der Waals surface area contributed by atoms with Gasteiger partial charge in [-0.3, -0.25) is 4.79 Å². The third kappa shape index (κ3) is 2.75. The first-order valence-corrected chi connectivity index (χ1v) is 7.82. The Kier molecular flexibility index (Phi) is 3.82. The van der Waals surface area contributed by atoms with E-state index < -0.39 is 0 Å². The Balaban J connectivity index is 1.65. The molecule has 5 nitrogen and oxygen atoms in total. The van der Waals surface area contributed by atoms with Crippen LogP contribution in [-0.4, -0.2) is 38.7 Å². The number of aromatic nitrogens is 3. The molecule has 1 unspecified atom stereocenters. The van der Waals surface area contributed by atoms with Gasteiger partial charge in [0.15, 0.2) is 0 Å². The van der Waals surface area contributed by atoms with Gasteiger partial charge in [-0.1, -0.05) is 0 Å². The first-order valence-electron chi connectivity index (χ1n) is 6.88. The van der Waals surface area contributed by atoms with Crippen LogP contribution in [0.2, 0.25) is 0 Å². The Labute approximate surface area is 122 Å². The standard InChI is InChI=1S/C14H18N4OS/c1-17-10-15-16-13(17)7-11-3-2-5-18(8-11)14(19)12-4-6-20-9-12/h4,6,9-11H,2-3,5,7-8H2,1H3. The quantitative estimate of drug-likeness (QED) is 0.868. The van der Waals surface area contributed by atoms with Crippen LogP contribution in [0.1, 0.15) is 29.0 Å². The molecule has 1 aliphatic rings. The molecule has 0 aliphatic carbocycles. The molecule has 0 bridgehead atoms. The average molecular weight is 290 g/mol. The summed E-state index contributed by atoms with van der Waals surface area (Å²) in [6.45, 7) is 1.69. The molecule has 0 aromatic carbocycles. The number of carbonyl (C=O) groups excluding carboxylic acids is 1. The highest BCUT2D eigenvalue weighted by atomic mass is 32.1. The van der Waals surface area contributed by atoms with E-state index in [1.54, 1.807) is 17.7 Å². The molecule has 1 atom stereocenters. The van der Waals surface area contributed by atoms with Gasteiger partial charge in [0.2, 0.25) is 0 Å². The average Bonchev–Trinajstić information content (AvgIpc) is 3.11. The highest BCUT2D eigenvalue weighted by Gasteiger charge is 2.25. The van der Waals surface area contributed by atoms with E-state index >= 15 is 0 Å². The summed E-state index contributed by atoms with van der Waals surface area (Å²) in [5, 5.41) is 11.9. The van der Waals surface area contributed by atoms with E-state index in [-0.39, 0.29) is 5.91 Å². The van der Waals surface area contributed by atoms with E-state index in [0.717, 1.165) is 43.7 Å².